The molecule has 0 atom stereocenters. The van der Waals surface area contributed by atoms with E-state index < -0.39 is 78.3 Å². The van der Waals surface area contributed by atoms with Crippen molar-refractivity contribution in [2.75, 3.05) is 21.7 Å². The van der Waals surface area contributed by atoms with E-state index >= 15 is 0 Å². The molecule has 0 spiro atoms. The number of halogens is 6. The van der Waals surface area contributed by atoms with E-state index in [0.29, 0.717) is 57.1 Å². The van der Waals surface area contributed by atoms with Gasteiger partial charge in [-0.05, 0) is 60.7 Å². The average Bonchev–Trinajstić information content (AvgIpc) is 2.97. The SMILES string of the molecule is O=C(O)CN(c1ccc(N(CC(=O)O)S(=O)(=O)c2ccc(C(F)(F)F)cc2)c2ccccc12)S(=O)(=O)c1ccc(C(F)(F)F)cc1. The highest BCUT2D eigenvalue weighted by atomic mass is 32.2. The van der Waals surface area contributed by atoms with Crippen molar-refractivity contribution in [2.24, 2.45) is 0 Å². The minimum absolute atomic E-state index is 0.116. The van der Waals surface area contributed by atoms with Crippen LogP contribution in [-0.4, -0.2) is 52.1 Å². The van der Waals surface area contributed by atoms with Crippen molar-refractivity contribution in [3.8, 4) is 0 Å². The van der Waals surface area contributed by atoms with Gasteiger partial charge in [-0.1, -0.05) is 24.3 Å². The van der Waals surface area contributed by atoms with Crippen LogP contribution < -0.4 is 8.61 Å². The number of alkyl halides is 6. The number of fused-ring (bicyclic) bond motifs is 1. The molecule has 0 unspecified atom stereocenters. The van der Waals surface area contributed by atoms with Gasteiger partial charge in [0, 0.05) is 10.8 Å². The molecule has 46 heavy (non-hydrogen) atoms. The van der Waals surface area contributed by atoms with Gasteiger partial charge in [-0.2, -0.15) is 26.3 Å². The van der Waals surface area contributed by atoms with E-state index in [4.69, 9.17) is 0 Å². The maximum Gasteiger partial charge on any atom is 0.416 e. The van der Waals surface area contributed by atoms with Gasteiger partial charge in [-0.15, -0.1) is 0 Å². The summed E-state index contributed by atoms with van der Waals surface area (Å²) in [4.78, 5) is 22.1. The van der Waals surface area contributed by atoms with Crippen LogP contribution in [0.1, 0.15) is 11.1 Å². The number of carboxylic acid groups (broad SMARTS) is 2. The van der Waals surface area contributed by atoms with Gasteiger partial charge in [0.25, 0.3) is 20.0 Å². The molecule has 0 aliphatic rings. The van der Waals surface area contributed by atoms with Crippen LogP contribution >= 0.6 is 0 Å². The number of carboxylic acids is 2. The lowest BCUT2D eigenvalue weighted by Gasteiger charge is -2.28. The summed E-state index contributed by atoms with van der Waals surface area (Å²) in [6.45, 7) is -2.45. The summed E-state index contributed by atoms with van der Waals surface area (Å²) >= 11 is 0. The lowest BCUT2D eigenvalue weighted by molar-refractivity contribution is -0.138. The Hall–Kier alpha value is -4.84. The first-order valence-electron chi connectivity index (χ1n) is 12.6. The van der Waals surface area contributed by atoms with E-state index in [1.807, 2.05) is 0 Å². The first-order chi connectivity index (χ1) is 21.2. The number of nitrogens with zero attached hydrogens (tertiary/aromatic N) is 2. The summed E-state index contributed by atoms with van der Waals surface area (Å²) < 4.78 is 133. The fraction of sp³-hybridized carbons (Fsp3) is 0.143. The molecule has 4 aromatic carbocycles. The van der Waals surface area contributed by atoms with Crippen molar-refractivity contribution in [1.29, 1.82) is 0 Å². The third-order valence-electron chi connectivity index (χ3n) is 6.51. The lowest BCUT2D eigenvalue weighted by Crippen LogP contribution is -2.37. The number of hydrogen-bond donors (Lipinski definition) is 2. The Morgan fingerprint density at radius 2 is 0.848 bits per heavy atom. The van der Waals surface area contributed by atoms with Gasteiger partial charge >= 0.3 is 24.3 Å². The molecule has 0 aromatic heterocycles. The molecule has 4 aromatic rings. The Morgan fingerprint density at radius 3 is 1.11 bits per heavy atom. The molecule has 18 heteroatoms. The molecule has 0 bridgehead atoms. The second-order valence-corrected chi connectivity index (χ2v) is 13.2. The van der Waals surface area contributed by atoms with Gasteiger partial charge in [0.05, 0.1) is 32.3 Å². The van der Waals surface area contributed by atoms with E-state index in [0.717, 1.165) is 12.1 Å². The normalized spacial score (nSPS) is 12.6. The summed E-state index contributed by atoms with van der Waals surface area (Å²) in [5.74, 6) is -3.33. The first-order valence-corrected chi connectivity index (χ1v) is 15.5. The van der Waals surface area contributed by atoms with Gasteiger partial charge in [-0.3, -0.25) is 18.2 Å². The molecule has 10 nitrogen and oxygen atoms in total. The number of rotatable bonds is 10. The molecular formula is C28H20F6N2O8S2. The predicted molar refractivity (Wildman–Crippen MR) is 151 cm³/mol. The second kappa shape index (κ2) is 12.2. The zero-order valence-corrected chi connectivity index (χ0v) is 24.5. The number of benzene rings is 4. The minimum atomic E-state index is -4.88. The Balaban J connectivity index is 1.90. The third kappa shape index (κ3) is 6.86. The van der Waals surface area contributed by atoms with Crippen molar-refractivity contribution in [3.63, 3.8) is 0 Å². The molecule has 0 heterocycles. The van der Waals surface area contributed by atoms with Crippen molar-refractivity contribution in [1.82, 2.24) is 0 Å². The molecule has 0 amide bonds. The summed E-state index contributed by atoms with van der Waals surface area (Å²) in [5.41, 5.74) is -3.05. The summed E-state index contributed by atoms with van der Waals surface area (Å²) in [6.07, 6.45) is -9.59. The van der Waals surface area contributed by atoms with Crippen LogP contribution in [0.2, 0.25) is 0 Å². The van der Waals surface area contributed by atoms with Crippen molar-refractivity contribution in [2.45, 2.75) is 22.1 Å². The molecule has 0 fully saturated rings. The van der Waals surface area contributed by atoms with Crippen LogP contribution in [0.5, 0.6) is 0 Å². The number of sulfonamides is 2. The quantitative estimate of drug-likeness (QED) is 0.209. The Labute approximate surface area is 256 Å². The molecular weight excluding hydrogens is 670 g/mol. The van der Waals surface area contributed by atoms with Gasteiger partial charge < -0.3 is 10.2 Å². The molecule has 0 aliphatic carbocycles. The summed E-state index contributed by atoms with van der Waals surface area (Å²) in [5, 5.41) is 18.9. The fourth-order valence-corrected chi connectivity index (χ4v) is 7.30. The van der Waals surface area contributed by atoms with E-state index in [-0.39, 0.29) is 22.1 Å². The number of aliphatic carboxylic acids is 2. The molecule has 0 aliphatic heterocycles. The molecule has 0 radical (unpaired) electrons. The predicted octanol–water partition coefficient (Wildman–Crippen LogP) is 5.44. The number of hydrogen-bond acceptors (Lipinski definition) is 6. The van der Waals surface area contributed by atoms with Crippen LogP contribution in [0.15, 0.2) is 94.7 Å². The fourth-order valence-electron chi connectivity index (χ4n) is 4.43. The van der Waals surface area contributed by atoms with Crippen molar-refractivity contribution < 1.29 is 63.0 Å². The van der Waals surface area contributed by atoms with Gasteiger partial charge in [-0.25, -0.2) is 16.8 Å². The Kier molecular flexibility index (Phi) is 9.00. The van der Waals surface area contributed by atoms with Crippen LogP contribution in [0, 0.1) is 0 Å². The molecule has 0 saturated carbocycles. The smallest absolute Gasteiger partial charge is 0.416 e. The monoisotopic (exact) mass is 690 g/mol. The maximum absolute atomic E-state index is 13.6. The standard InChI is InChI=1S/C28H20F6N2O8S2/c29-27(30,31)17-5-9-19(10-6-17)45(41,42)35(15-25(37)38)23-13-14-24(22-4-2-1-3-21(22)23)36(16-26(39)40)46(43,44)20-11-7-18(8-12-20)28(32,33)34/h1-14H,15-16H2,(H,37,38)(H,39,40). The van der Waals surface area contributed by atoms with Crippen LogP contribution in [-0.2, 0) is 42.0 Å². The topological polar surface area (TPSA) is 149 Å². The summed E-state index contributed by atoms with van der Waals surface area (Å²) in [7, 11) is -9.75. The summed E-state index contributed by atoms with van der Waals surface area (Å²) in [6, 6.07) is 11.7. The van der Waals surface area contributed by atoms with E-state index in [9.17, 15) is 63.0 Å². The van der Waals surface area contributed by atoms with Crippen LogP contribution in [0.3, 0.4) is 0 Å². The van der Waals surface area contributed by atoms with Gasteiger partial charge in [0.15, 0.2) is 0 Å². The zero-order valence-electron chi connectivity index (χ0n) is 22.8. The Morgan fingerprint density at radius 1 is 0.543 bits per heavy atom. The second-order valence-electron chi connectivity index (χ2n) is 9.50. The van der Waals surface area contributed by atoms with Crippen LogP contribution in [0.25, 0.3) is 10.8 Å². The van der Waals surface area contributed by atoms with E-state index in [1.54, 1.807) is 0 Å². The van der Waals surface area contributed by atoms with E-state index in [1.165, 1.54) is 24.3 Å². The van der Waals surface area contributed by atoms with E-state index in [2.05, 4.69) is 0 Å². The molecule has 0 saturated heterocycles. The highest BCUT2D eigenvalue weighted by molar-refractivity contribution is 7.93. The van der Waals surface area contributed by atoms with Crippen molar-refractivity contribution in [3.05, 3.63) is 96.1 Å². The molecule has 2 N–H and O–H groups in total. The Bertz CT molecular complexity index is 1870. The molecule has 4 rings (SSSR count). The highest BCUT2D eigenvalue weighted by Gasteiger charge is 2.35. The molecule has 244 valence electrons. The zero-order chi connectivity index (χ0) is 34.2. The minimum Gasteiger partial charge on any atom is -0.480 e. The third-order valence-corrected chi connectivity index (χ3v) is 10.1. The van der Waals surface area contributed by atoms with Crippen molar-refractivity contribution >= 4 is 54.1 Å². The van der Waals surface area contributed by atoms with Gasteiger partial charge in [0.2, 0.25) is 0 Å². The lowest BCUT2D eigenvalue weighted by atomic mass is 10.1. The van der Waals surface area contributed by atoms with Gasteiger partial charge in [0.1, 0.15) is 13.1 Å². The first kappa shape index (κ1) is 34.0. The number of carbonyl (C=O) groups is 2. The van der Waals surface area contributed by atoms with Crippen LogP contribution in [0.4, 0.5) is 37.7 Å². The number of anilines is 2. The average molecular weight is 691 g/mol. The maximum atomic E-state index is 13.6. The highest BCUT2D eigenvalue weighted by Crippen LogP contribution is 2.39. The largest absolute Gasteiger partial charge is 0.480 e.